The molecule has 0 amide bonds. The van der Waals surface area contributed by atoms with Gasteiger partial charge in [0, 0.05) is 27.1 Å². The van der Waals surface area contributed by atoms with Crippen molar-refractivity contribution in [3.05, 3.63) is 110 Å². The largest absolute Gasteiger partial charge is 0.465 e. The Bertz CT molecular complexity index is 1550. The lowest BCUT2D eigenvalue weighted by Crippen LogP contribution is -2.46. The smallest absolute Gasteiger partial charge is 0.338 e. The van der Waals surface area contributed by atoms with E-state index in [0.29, 0.717) is 16.3 Å². The van der Waals surface area contributed by atoms with E-state index in [2.05, 4.69) is 0 Å². The highest BCUT2D eigenvalue weighted by Crippen LogP contribution is 2.52. The zero-order chi connectivity index (χ0) is 29.3. The Labute approximate surface area is 246 Å². The van der Waals surface area contributed by atoms with Gasteiger partial charge in [0.15, 0.2) is 5.78 Å². The maximum atomic E-state index is 15.4. The third-order valence-electron chi connectivity index (χ3n) is 7.28. The van der Waals surface area contributed by atoms with E-state index in [1.54, 1.807) is 44.2 Å². The number of hydrogen-bond donors (Lipinski definition) is 1. The molecule has 212 valence electrons. The van der Waals surface area contributed by atoms with E-state index in [9.17, 15) is 14.4 Å². The molecule has 0 saturated carbocycles. The lowest BCUT2D eigenvalue weighted by molar-refractivity contribution is -0.152. The first kappa shape index (κ1) is 28.6. The van der Waals surface area contributed by atoms with Crippen LogP contribution in [0.2, 0.25) is 5.02 Å². The molecule has 1 aliphatic heterocycles. The van der Waals surface area contributed by atoms with Crippen LogP contribution in [0.1, 0.15) is 42.5 Å². The van der Waals surface area contributed by atoms with Crippen molar-refractivity contribution in [1.29, 1.82) is 0 Å². The standard InChI is InChI=1S/C31H28ClFN2O5S/c1-3-39-30(37)25-19(23-10-7-15-41-23)16-22-26(28(25)36)24(17-11-13-18(32)14-12-17)27(31(38)40-4-2)29(34)35(22)21-9-6-5-8-20(21)33/h5-15,19,24-25H,3-4,16,34H2,1-2H3/t19-,24-,25-/m1/s1. The summed E-state index contributed by atoms with van der Waals surface area (Å²) in [5.74, 6) is -5.32. The summed E-state index contributed by atoms with van der Waals surface area (Å²) in [4.78, 5) is 43.8. The van der Waals surface area contributed by atoms with Gasteiger partial charge in [-0.2, -0.15) is 0 Å². The van der Waals surface area contributed by atoms with Gasteiger partial charge in [-0.05, 0) is 61.5 Å². The molecule has 0 spiro atoms. The van der Waals surface area contributed by atoms with Crippen LogP contribution in [0.4, 0.5) is 10.1 Å². The number of ether oxygens (including phenoxy) is 2. The molecule has 1 aromatic heterocycles. The van der Waals surface area contributed by atoms with Gasteiger partial charge in [0.25, 0.3) is 0 Å². The Morgan fingerprint density at radius 3 is 2.39 bits per heavy atom. The highest BCUT2D eigenvalue weighted by atomic mass is 35.5. The normalized spacial score (nSPS) is 20.6. The monoisotopic (exact) mass is 594 g/mol. The number of para-hydroxylation sites is 1. The van der Waals surface area contributed by atoms with Crippen molar-refractivity contribution in [3.8, 4) is 0 Å². The van der Waals surface area contributed by atoms with E-state index in [1.807, 2.05) is 17.5 Å². The fraction of sp³-hybridized carbons (Fsp3) is 0.258. The van der Waals surface area contributed by atoms with Crippen molar-refractivity contribution < 1.29 is 28.2 Å². The number of carbonyl (C=O) groups excluding carboxylic acids is 3. The number of halogens is 2. The van der Waals surface area contributed by atoms with E-state index in [1.165, 1.54) is 34.4 Å². The number of benzene rings is 2. The Morgan fingerprint density at radius 1 is 1.05 bits per heavy atom. The van der Waals surface area contributed by atoms with E-state index < -0.39 is 41.3 Å². The zero-order valence-electron chi connectivity index (χ0n) is 22.4. The van der Waals surface area contributed by atoms with Crippen molar-refractivity contribution in [2.75, 3.05) is 18.1 Å². The summed E-state index contributed by atoms with van der Waals surface area (Å²) in [5, 5.41) is 2.32. The third kappa shape index (κ3) is 5.15. The average Bonchev–Trinajstić information content (AvgIpc) is 3.49. The fourth-order valence-corrected chi connectivity index (χ4v) is 6.60. The van der Waals surface area contributed by atoms with Gasteiger partial charge in [-0.25, -0.2) is 9.18 Å². The Kier molecular flexibility index (Phi) is 8.28. The topological polar surface area (TPSA) is 98.9 Å². The number of esters is 2. The van der Waals surface area contributed by atoms with Crippen LogP contribution in [0.25, 0.3) is 0 Å². The van der Waals surface area contributed by atoms with Crippen LogP contribution in [0, 0.1) is 11.7 Å². The van der Waals surface area contributed by atoms with Crippen LogP contribution in [-0.2, 0) is 23.9 Å². The molecule has 2 heterocycles. The Morgan fingerprint density at radius 2 is 1.76 bits per heavy atom. The molecule has 10 heteroatoms. The molecule has 0 fully saturated rings. The van der Waals surface area contributed by atoms with Crippen LogP contribution in [-0.4, -0.2) is 30.9 Å². The van der Waals surface area contributed by atoms with Crippen LogP contribution >= 0.6 is 22.9 Å². The number of hydrogen-bond acceptors (Lipinski definition) is 8. The number of nitrogens with zero attached hydrogens (tertiary/aromatic N) is 1. The summed E-state index contributed by atoms with van der Waals surface area (Å²) < 4.78 is 26.2. The van der Waals surface area contributed by atoms with Gasteiger partial charge in [-0.3, -0.25) is 14.5 Å². The first-order chi connectivity index (χ1) is 19.8. The zero-order valence-corrected chi connectivity index (χ0v) is 24.0. The minimum atomic E-state index is -1.17. The molecule has 0 bridgehead atoms. The summed E-state index contributed by atoms with van der Waals surface area (Å²) in [5.41, 5.74) is 7.91. The van der Waals surface area contributed by atoms with Crippen LogP contribution in [0.5, 0.6) is 0 Å². The molecule has 0 unspecified atom stereocenters. The maximum Gasteiger partial charge on any atom is 0.338 e. The molecule has 0 saturated heterocycles. The van der Waals surface area contributed by atoms with Crippen LogP contribution < -0.4 is 10.6 Å². The second-order valence-corrected chi connectivity index (χ2v) is 11.0. The van der Waals surface area contributed by atoms with Crippen molar-refractivity contribution in [2.45, 2.75) is 32.1 Å². The van der Waals surface area contributed by atoms with Gasteiger partial charge in [0.05, 0.1) is 30.4 Å². The minimum Gasteiger partial charge on any atom is -0.465 e. The Balaban J connectivity index is 1.82. The number of rotatable bonds is 7. The van der Waals surface area contributed by atoms with E-state index in [0.717, 1.165) is 4.88 Å². The molecular weight excluding hydrogens is 567 g/mol. The summed E-state index contributed by atoms with van der Waals surface area (Å²) in [7, 11) is 0. The molecule has 1 aliphatic carbocycles. The summed E-state index contributed by atoms with van der Waals surface area (Å²) in [6, 6.07) is 16.4. The summed E-state index contributed by atoms with van der Waals surface area (Å²) in [6.45, 7) is 3.47. The molecule has 2 aromatic carbocycles. The van der Waals surface area contributed by atoms with Gasteiger partial charge in [-0.1, -0.05) is 41.9 Å². The van der Waals surface area contributed by atoms with E-state index >= 15 is 4.39 Å². The van der Waals surface area contributed by atoms with Crippen molar-refractivity contribution in [3.63, 3.8) is 0 Å². The molecule has 3 aromatic rings. The quantitative estimate of drug-likeness (QED) is 0.262. The molecular formula is C31H28ClFN2O5S. The molecule has 7 nitrogen and oxygen atoms in total. The maximum absolute atomic E-state index is 15.4. The molecule has 0 radical (unpaired) electrons. The predicted molar refractivity (Wildman–Crippen MR) is 155 cm³/mol. The van der Waals surface area contributed by atoms with E-state index in [-0.39, 0.29) is 42.3 Å². The minimum absolute atomic E-state index is 0.0262. The van der Waals surface area contributed by atoms with Crippen molar-refractivity contribution in [1.82, 2.24) is 0 Å². The average molecular weight is 595 g/mol. The van der Waals surface area contributed by atoms with Crippen LogP contribution in [0.3, 0.4) is 0 Å². The highest BCUT2D eigenvalue weighted by Gasteiger charge is 2.51. The van der Waals surface area contributed by atoms with Crippen LogP contribution in [0.15, 0.2) is 88.7 Å². The number of nitrogens with two attached hydrogens (primary N) is 1. The number of carbonyl (C=O) groups is 3. The SMILES string of the molecule is CCOC(=O)C1=C(N)N(c2ccccc2F)C2=C(C(=O)[C@H](C(=O)OCC)[C@@H](c3cccs3)C2)[C@H]1c1ccc(Cl)cc1. The number of ketones is 1. The number of allylic oxidation sites excluding steroid dienone is 2. The number of Topliss-reactive ketones (excluding diaryl/α,β-unsaturated/α-hetero) is 1. The molecule has 3 atom stereocenters. The number of anilines is 1. The lowest BCUT2D eigenvalue weighted by atomic mass is 9.68. The van der Waals surface area contributed by atoms with Gasteiger partial charge in [-0.15, -0.1) is 11.3 Å². The van der Waals surface area contributed by atoms with Gasteiger partial charge in [0.1, 0.15) is 17.6 Å². The van der Waals surface area contributed by atoms with Gasteiger partial charge in [0.2, 0.25) is 0 Å². The fourth-order valence-electron chi connectivity index (χ4n) is 5.61. The predicted octanol–water partition coefficient (Wildman–Crippen LogP) is 6.07. The Hall–Kier alpha value is -3.95. The molecule has 2 aliphatic rings. The first-order valence-corrected chi connectivity index (χ1v) is 14.5. The van der Waals surface area contributed by atoms with Crippen molar-refractivity contribution in [2.24, 2.45) is 11.7 Å². The molecule has 41 heavy (non-hydrogen) atoms. The second kappa shape index (κ2) is 11.9. The van der Waals surface area contributed by atoms with Gasteiger partial charge < -0.3 is 15.2 Å². The first-order valence-electron chi connectivity index (χ1n) is 13.2. The summed E-state index contributed by atoms with van der Waals surface area (Å²) in [6.07, 6.45) is 0.167. The summed E-state index contributed by atoms with van der Waals surface area (Å²) >= 11 is 7.59. The highest BCUT2D eigenvalue weighted by molar-refractivity contribution is 7.10. The van der Waals surface area contributed by atoms with Gasteiger partial charge >= 0.3 is 11.9 Å². The molecule has 5 rings (SSSR count). The van der Waals surface area contributed by atoms with Crippen molar-refractivity contribution >= 4 is 46.3 Å². The van der Waals surface area contributed by atoms with E-state index in [4.69, 9.17) is 26.8 Å². The third-order valence-corrected chi connectivity index (χ3v) is 8.54. The second-order valence-electron chi connectivity index (χ2n) is 9.57. The molecule has 2 N–H and O–H groups in total. The lowest BCUT2D eigenvalue weighted by Gasteiger charge is -2.43. The number of thiophene rings is 1.